The van der Waals surface area contributed by atoms with Gasteiger partial charge in [0.1, 0.15) is 0 Å². The average molecular weight is 361 g/mol. The number of anilines is 1. The molecule has 0 unspecified atom stereocenters. The van der Waals surface area contributed by atoms with Crippen LogP contribution < -0.4 is 5.32 Å². The van der Waals surface area contributed by atoms with Crippen LogP contribution in [0.3, 0.4) is 0 Å². The maximum Gasteiger partial charge on any atom is 0.244 e. The first-order valence-corrected chi connectivity index (χ1v) is 9.33. The first kappa shape index (κ1) is 20.4. The zero-order valence-corrected chi connectivity index (χ0v) is 16.4. The van der Waals surface area contributed by atoms with Crippen molar-refractivity contribution in [3.8, 4) is 0 Å². The van der Waals surface area contributed by atoms with E-state index in [0.717, 1.165) is 49.7 Å². The Morgan fingerprint density at radius 2 is 1.96 bits per heavy atom. The lowest BCUT2D eigenvalue weighted by molar-refractivity contribution is -0.133. The number of nitrogens with one attached hydrogen (secondary N) is 1. The number of amides is 2. The van der Waals surface area contributed by atoms with E-state index in [-0.39, 0.29) is 18.4 Å². The number of hydrogen-bond donors (Lipinski definition) is 1. The third-order valence-corrected chi connectivity index (χ3v) is 4.76. The Bertz CT molecular complexity index is 625. The van der Waals surface area contributed by atoms with Crippen molar-refractivity contribution in [2.45, 2.75) is 33.6 Å². The molecule has 1 heterocycles. The molecule has 0 aliphatic carbocycles. The summed E-state index contributed by atoms with van der Waals surface area (Å²) < 4.78 is 5.34. The van der Waals surface area contributed by atoms with Crippen LogP contribution in [0, 0.1) is 6.92 Å². The number of carbonyl (C=O) groups is 2. The predicted molar refractivity (Wildman–Crippen MR) is 103 cm³/mol. The summed E-state index contributed by atoms with van der Waals surface area (Å²) in [7, 11) is 0. The molecule has 0 atom stereocenters. The summed E-state index contributed by atoms with van der Waals surface area (Å²) in [6.45, 7) is 12.3. The Labute approximate surface area is 156 Å². The summed E-state index contributed by atoms with van der Waals surface area (Å²) in [4.78, 5) is 28.4. The molecule has 6 nitrogen and oxygen atoms in total. The van der Waals surface area contributed by atoms with Gasteiger partial charge in [-0.1, -0.05) is 32.0 Å². The fraction of sp³-hybridized carbons (Fsp3) is 0.600. The van der Waals surface area contributed by atoms with E-state index in [2.05, 4.69) is 24.1 Å². The largest absolute Gasteiger partial charge is 0.379 e. The second-order valence-corrected chi connectivity index (χ2v) is 7.14. The van der Waals surface area contributed by atoms with Crippen molar-refractivity contribution in [1.29, 1.82) is 0 Å². The minimum atomic E-state index is -0.154. The van der Waals surface area contributed by atoms with Gasteiger partial charge in [0.05, 0.1) is 19.8 Å². The van der Waals surface area contributed by atoms with Gasteiger partial charge in [0.15, 0.2) is 0 Å². The monoisotopic (exact) mass is 361 g/mol. The first-order chi connectivity index (χ1) is 12.4. The highest BCUT2D eigenvalue weighted by Crippen LogP contribution is 2.27. The SMILES string of the molecule is CC(=O)N(CCN1CCOCC1)CC(=O)Nc1c(C)cccc1C(C)C. The van der Waals surface area contributed by atoms with Crippen molar-refractivity contribution in [3.63, 3.8) is 0 Å². The molecule has 2 amide bonds. The molecule has 26 heavy (non-hydrogen) atoms. The summed E-state index contributed by atoms with van der Waals surface area (Å²) in [6, 6.07) is 6.03. The highest BCUT2D eigenvalue weighted by Gasteiger charge is 2.18. The number of carbonyl (C=O) groups excluding carboxylic acids is 2. The number of nitrogens with zero attached hydrogens (tertiary/aromatic N) is 2. The minimum absolute atomic E-state index is 0.0749. The number of hydrogen-bond acceptors (Lipinski definition) is 4. The molecule has 1 saturated heterocycles. The lowest BCUT2D eigenvalue weighted by atomic mass is 9.98. The van der Waals surface area contributed by atoms with E-state index in [9.17, 15) is 9.59 Å². The van der Waals surface area contributed by atoms with Crippen LogP contribution in [0.5, 0.6) is 0 Å². The molecule has 1 fully saturated rings. The van der Waals surface area contributed by atoms with Crippen LogP contribution in [-0.4, -0.2) is 67.6 Å². The molecule has 144 valence electrons. The molecule has 0 saturated carbocycles. The van der Waals surface area contributed by atoms with Gasteiger partial charge in [0, 0.05) is 38.8 Å². The van der Waals surface area contributed by atoms with Crippen molar-refractivity contribution >= 4 is 17.5 Å². The highest BCUT2D eigenvalue weighted by molar-refractivity contribution is 5.95. The van der Waals surface area contributed by atoms with Crippen LogP contribution in [0.4, 0.5) is 5.69 Å². The Morgan fingerprint density at radius 3 is 2.58 bits per heavy atom. The molecule has 1 N–H and O–H groups in total. The number of morpholine rings is 1. The van der Waals surface area contributed by atoms with E-state index >= 15 is 0 Å². The summed E-state index contributed by atoms with van der Waals surface area (Å²) in [5.41, 5.74) is 3.01. The first-order valence-electron chi connectivity index (χ1n) is 9.33. The van der Waals surface area contributed by atoms with Crippen LogP contribution in [0.15, 0.2) is 18.2 Å². The van der Waals surface area contributed by atoms with E-state index < -0.39 is 0 Å². The van der Waals surface area contributed by atoms with E-state index in [1.165, 1.54) is 6.92 Å². The van der Waals surface area contributed by atoms with Crippen LogP contribution in [0.2, 0.25) is 0 Å². The van der Waals surface area contributed by atoms with Gasteiger partial charge in [-0.05, 0) is 24.0 Å². The zero-order chi connectivity index (χ0) is 19.1. The molecular formula is C20H31N3O3. The highest BCUT2D eigenvalue weighted by atomic mass is 16.5. The number of benzene rings is 1. The Kier molecular flexibility index (Phi) is 7.60. The summed E-state index contributed by atoms with van der Waals surface area (Å²) in [5.74, 6) is 0.0797. The zero-order valence-electron chi connectivity index (χ0n) is 16.4. The standard InChI is InChI=1S/C20H31N3O3/c1-15(2)18-7-5-6-16(3)20(18)21-19(25)14-23(17(4)24)9-8-22-10-12-26-13-11-22/h5-7,15H,8-14H2,1-4H3,(H,21,25). The molecule has 0 bridgehead atoms. The fourth-order valence-electron chi connectivity index (χ4n) is 3.13. The number of rotatable bonds is 7. The van der Waals surface area contributed by atoms with Crippen LogP contribution in [0.25, 0.3) is 0 Å². The minimum Gasteiger partial charge on any atom is -0.379 e. The molecule has 1 aromatic rings. The van der Waals surface area contributed by atoms with Gasteiger partial charge in [-0.25, -0.2) is 0 Å². The van der Waals surface area contributed by atoms with Gasteiger partial charge >= 0.3 is 0 Å². The van der Waals surface area contributed by atoms with E-state index in [0.29, 0.717) is 12.5 Å². The van der Waals surface area contributed by atoms with Crippen molar-refractivity contribution in [1.82, 2.24) is 9.80 Å². The average Bonchev–Trinajstić information content (AvgIpc) is 2.60. The smallest absolute Gasteiger partial charge is 0.244 e. The summed E-state index contributed by atoms with van der Waals surface area (Å²) in [6.07, 6.45) is 0. The second kappa shape index (κ2) is 9.69. The number of ether oxygens (including phenoxy) is 1. The molecule has 6 heteroatoms. The van der Waals surface area contributed by atoms with E-state index in [4.69, 9.17) is 4.74 Å². The third-order valence-electron chi connectivity index (χ3n) is 4.76. The molecular weight excluding hydrogens is 330 g/mol. The number of para-hydroxylation sites is 1. The maximum atomic E-state index is 12.6. The van der Waals surface area contributed by atoms with Crippen molar-refractivity contribution in [2.75, 3.05) is 51.3 Å². The number of aryl methyl sites for hydroxylation is 1. The molecule has 1 aliphatic heterocycles. The maximum absolute atomic E-state index is 12.6. The van der Waals surface area contributed by atoms with Crippen LogP contribution in [-0.2, 0) is 14.3 Å². The van der Waals surface area contributed by atoms with Crippen LogP contribution >= 0.6 is 0 Å². The lowest BCUT2D eigenvalue weighted by Gasteiger charge is -2.29. The Balaban J connectivity index is 1.96. The molecule has 0 radical (unpaired) electrons. The third kappa shape index (κ3) is 5.81. The quantitative estimate of drug-likeness (QED) is 0.809. The van der Waals surface area contributed by atoms with Crippen molar-refractivity contribution in [3.05, 3.63) is 29.3 Å². The molecule has 0 aromatic heterocycles. The van der Waals surface area contributed by atoms with Gasteiger partial charge in [0.2, 0.25) is 11.8 Å². The van der Waals surface area contributed by atoms with Crippen LogP contribution in [0.1, 0.15) is 37.8 Å². The molecule has 1 aromatic carbocycles. The fourth-order valence-corrected chi connectivity index (χ4v) is 3.13. The van der Waals surface area contributed by atoms with Crippen molar-refractivity contribution < 1.29 is 14.3 Å². The molecule has 0 spiro atoms. The summed E-state index contributed by atoms with van der Waals surface area (Å²) >= 11 is 0. The van der Waals surface area contributed by atoms with Gasteiger partial charge in [-0.15, -0.1) is 0 Å². The van der Waals surface area contributed by atoms with Crippen molar-refractivity contribution in [2.24, 2.45) is 0 Å². The second-order valence-electron chi connectivity index (χ2n) is 7.14. The van der Waals surface area contributed by atoms with Gasteiger partial charge in [0.25, 0.3) is 0 Å². The van der Waals surface area contributed by atoms with Gasteiger partial charge in [-0.3, -0.25) is 14.5 Å². The topological polar surface area (TPSA) is 61.9 Å². The Morgan fingerprint density at radius 1 is 1.27 bits per heavy atom. The Hall–Kier alpha value is -1.92. The van der Waals surface area contributed by atoms with Gasteiger partial charge < -0.3 is 15.0 Å². The summed E-state index contributed by atoms with van der Waals surface area (Å²) in [5, 5.41) is 3.02. The lowest BCUT2D eigenvalue weighted by Crippen LogP contribution is -2.44. The molecule has 1 aliphatic rings. The molecule has 2 rings (SSSR count). The van der Waals surface area contributed by atoms with E-state index in [1.54, 1.807) is 4.90 Å². The predicted octanol–water partition coefficient (Wildman–Crippen LogP) is 2.24. The van der Waals surface area contributed by atoms with Gasteiger partial charge in [-0.2, -0.15) is 0 Å². The van der Waals surface area contributed by atoms with E-state index in [1.807, 2.05) is 25.1 Å². The normalized spacial score (nSPS) is 15.1.